The molecule has 0 saturated carbocycles. The Labute approximate surface area is 121 Å². The van der Waals surface area contributed by atoms with Gasteiger partial charge in [0.15, 0.2) is 5.84 Å². The van der Waals surface area contributed by atoms with E-state index in [2.05, 4.69) is 11.6 Å². The van der Waals surface area contributed by atoms with Crippen molar-refractivity contribution in [3.05, 3.63) is 72.1 Å². The summed E-state index contributed by atoms with van der Waals surface area (Å²) in [6, 6.07) is 11.6. The zero-order chi connectivity index (χ0) is 14.6. The van der Waals surface area contributed by atoms with Crippen molar-refractivity contribution in [2.45, 2.75) is 6.04 Å². The van der Waals surface area contributed by atoms with Crippen molar-refractivity contribution in [2.75, 3.05) is 4.90 Å². The smallest absolute Gasteiger partial charge is 0.230 e. The minimum Gasteiger partial charge on any atom is -0.311 e. The summed E-state index contributed by atoms with van der Waals surface area (Å²) in [4.78, 5) is 18.7. The molecule has 2 aliphatic heterocycles. The molecule has 0 aliphatic carbocycles. The summed E-state index contributed by atoms with van der Waals surface area (Å²) in [5.74, 6) is -0.213. The number of Topliss-reactive ketones (excluding diaryl/α,β-unsaturated/α-hetero) is 1. The number of hydrogen-bond donors (Lipinski definition) is 0. The molecule has 0 unspecified atom stereocenters. The lowest BCUT2D eigenvalue weighted by Crippen LogP contribution is -2.35. The van der Waals surface area contributed by atoms with Gasteiger partial charge in [-0.05, 0) is 24.3 Å². The van der Waals surface area contributed by atoms with Crippen LogP contribution in [0.5, 0.6) is 0 Å². The Hall–Kier alpha value is -2.75. The standard InChI is InChI=1S/C17H11FN2O/c1-2-14-11-5-3-4-6-13(11)19-17-16(21)12-8-7-10(18)9-15(12)20(14)17/h2-9,14H,1H2/t14-/m0/s1. The van der Waals surface area contributed by atoms with Gasteiger partial charge in [-0.25, -0.2) is 9.38 Å². The molecule has 2 aromatic rings. The highest BCUT2D eigenvalue weighted by Gasteiger charge is 2.40. The number of fused-ring (bicyclic) bond motifs is 4. The van der Waals surface area contributed by atoms with Gasteiger partial charge >= 0.3 is 0 Å². The molecule has 3 nitrogen and oxygen atoms in total. The van der Waals surface area contributed by atoms with E-state index in [4.69, 9.17) is 0 Å². The molecule has 0 radical (unpaired) electrons. The molecule has 0 spiro atoms. The maximum atomic E-state index is 13.6. The number of para-hydroxylation sites is 1. The molecule has 4 rings (SSSR count). The number of carbonyl (C=O) groups excluding carboxylic acids is 1. The molecule has 0 aromatic heterocycles. The fraction of sp³-hybridized carbons (Fsp3) is 0.0588. The van der Waals surface area contributed by atoms with Gasteiger partial charge in [-0.1, -0.05) is 24.3 Å². The number of ketones is 1. The van der Waals surface area contributed by atoms with Gasteiger partial charge in [0.05, 0.1) is 17.4 Å². The Bertz CT molecular complexity index is 825. The first-order chi connectivity index (χ1) is 10.2. The van der Waals surface area contributed by atoms with Crippen LogP contribution in [0.3, 0.4) is 0 Å². The highest BCUT2D eigenvalue weighted by molar-refractivity contribution is 6.55. The van der Waals surface area contributed by atoms with Gasteiger partial charge in [0.1, 0.15) is 5.82 Å². The Morgan fingerprint density at radius 1 is 1.24 bits per heavy atom. The third-order valence-corrected chi connectivity index (χ3v) is 3.88. The van der Waals surface area contributed by atoms with Crippen molar-refractivity contribution in [1.82, 2.24) is 0 Å². The van der Waals surface area contributed by atoms with Crippen LogP contribution in [0.15, 0.2) is 60.1 Å². The molecule has 0 amide bonds. The Morgan fingerprint density at radius 3 is 2.86 bits per heavy atom. The topological polar surface area (TPSA) is 32.7 Å². The quantitative estimate of drug-likeness (QED) is 0.743. The van der Waals surface area contributed by atoms with Crippen LogP contribution in [0.4, 0.5) is 15.8 Å². The number of aliphatic imine (C=N–C) groups is 1. The first kappa shape index (κ1) is 12.0. The van der Waals surface area contributed by atoms with Gasteiger partial charge in [-0.15, -0.1) is 6.58 Å². The van der Waals surface area contributed by atoms with E-state index in [0.717, 1.165) is 11.3 Å². The minimum absolute atomic E-state index is 0.175. The van der Waals surface area contributed by atoms with Gasteiger partial charge < -0.3 is 4.90 Å². The van der Waals surface area contributed by atoms with Crippen molar-refractivity contribution < 1.29 is 9.18 Å². The molecule has 2 aliphatic rings. The van der Waals surface area contributed by atoms with Gasteiger partial charge in [-0.2, -0.15) is 0 Å². The predicted molar refractivity (Wildman–Crippen MR) is 79.7 cm³/mol. The molecule has 0 saturated heterocycles. The van der Waals surface area contributed by atoms with E-state index in [1.165, 1.54) is 18.2 Å². The van der Waals surface area contributed by atoms with Gasteiger partial charge in [0.2, 0.25) is 5.78 Å². The van der Waals surface area contributed by atoms with E-state index < -0.39 is 0 Å². The van der Waals surface area contributed by atoms with Crippen LogP contribution in [-0.4, -0.2) is 11.6 Å². The summed E-state index contributed by atoms with van der Waals surface area (Å²) in [5.41, 5.74) is 2.75. The first-order valence-corrected chi connectivity index (χ1v) is 6.64. The van der Waals surface area contributed by atoms with E-state index in [9.17, 15) is 9.18 Å². The molecule has 0 bridgehead atoms. The summed E-state index contributed by atoms with van der Waals surface area (Å²) < 4.78 is 13.6. The van der Waals surface area contributed by atoms with Crippen LogP contribution < -0.4 is 4.90 Å². The largest absolute Gasteiger partial charge is 0.311 e. The fourth-order valence-corrected chi connectivity index (χ4v) is 2.95. The molecule has 0 fully saturated rings. The van der Waals surface area contributed by atoms with Crippen LogP contribution in [0.1, 0.15) is 22.0 Å². The lowest BCUT2D eigenvalue weighted by molar-refractivity contribution is 0.106. The van der Waals surface area contributed by atoms with Crippen LogP contribution in [0, 0.1) is 5.82 Å². The molecule has 4 heteroatoms. The zero-order valence-corrected chi connectivity index (χ0v) is 11.1. The van der Waals surface area contributed by atoms with Crippen molar-refractivity contribution in [3.63, 3.8) is 0 Å². The molecule has 2 aromatic carbocycles. The number of anilines is 1. The van der Waals surface area contributed by atoms with Crippen LogP contribution in [0.2, 0.25) is 0 Å². The number of nitrogens with zero attached hydrogens (tertiary/aromatic N) is 2. The summed E-state index contributed by atoms with van der Waals surface area (Å²) in [5, 5.41) is 0. The van der Waals surface area contributed by atoms with Crippen molar-refractivity contribution >= 4 is 23.0 Å². The average Bonchev–Trinajstić information content (AvgIpc) is 2.77. The number of rotatable bonds is 1. The molecule has 1 atom stereocenters. The summed E-state index contributed by atoms with van der Waals surface area (Å²) in [7, 11) is 0. The van der Waals surface area contributed by atoms with E-state index in [-0.39, 0.29) is 17.6 Å². The lowest BCUT2D eigenvalue weighted by Gasteiger charge is -2.32. The van der Waals surface area contributed by atoms with Crippen LogP contribution >= 0.6 is 0 Å². The number of benzene rings is 2. The summed E-state index contributed by atoms with van der Waals surface area (Å²) >= 11 is 0. The van der Waals surface area contributed by atoms with Crippen molar-refractivity contribution in [2.24, 2.45) is 4.99 Å². The molecule has 2 heterocycles. The average molecular weight is 278 g/mol. The lowest BCUT2D eigenvalue weighted by atomic mass is 10.0. The highest BCUT2D eigenvalue weighted by atomic mass is 19.1. The summed E-state index contributed by atoms with van der Waals surface area (Å²) in [6.45, 7) is 3.86. The van der Waals surface area contributed by atoms with Crippen molar-refractivity contribution in [3.8, 4) is 0 Å². The molecular weight excluding hydrogens is 267 g/mol. The third-order valence-electron chi connectivity index (χ3n) is 3.88. The van der Waals surface area contributed by atoms with Crippen molar-refractivity contribution in [1.29, 1.82) is 0 Å². The molecule has 21 heavy (non-hydrogen) atoms. The van der Waals surface area contributed by atoms with E-state index in [1.807, 2.05) is 24.3 Å². The van der Waals surface area contributed by atoms with E-state index in [0.29, 0.717) is 17.1 Å². The number of hydrogen-bond acceptors (Lipinski definition) is 3. The predicted octanol–water partition coefficient (Wildman–Crippen LogP) is 3.80. The second-order valence-electron chi connectivity index (χ2n) is 5.04. The van der Waals surface area contributed by atoms with Gasteiger partial charge in [0, 0.05) is 11.1 Å². The third kappa shape index (κ3) is 1.53. The van der Waals surface area contributed by atoms with E-state index >= 15 is 0 Å². The van der Waals surface area contributed by atoms with Gasteiger partial charge in [0.25, 0.3) is 0 Å². The normalized spacial score (nSPS) is 18.7. The molecule has 102 valence electrons. The Balaban J connectivity index is 2.01. The monoisotopic (exact) mass is 278 g/mol. The number of halogens is 1. The minimum atomic E-state index is -0.371. The Kier molecular flexibility index (Phi) is 2.36. The maximum absolute atomic E-state index is 13.6. The second-order valence-corrected chi connectivity index (χ2v) is 5.04. The maximum Gasteiger partial charge on any atom is 0.230 e. The first-order valence-electron chi connectivity index (χ1n) is 6.64. The van der Waals surface area contributed by atoms with Crippen LogP contribution in [-0.2, 0) is 0 Å². The fourth-order valence-electron chi connectivity index (χ4n) is 2.95. The number of amidine groups is 1. The second kappa shape index (κ2) is 4.12. The van der Waals surface area contributed by atoms with E-state index in [1.54, 1.807) is 11.0 Å². The highest BCUT2D eigenvalue weighted by Crippen LogP contribution is 2.43. The van der Waals surface area contributed by atoms with Gasteiger partial charge in [-0.3, -0.25) is 4.79 Å². The Morgan fingerprint density at radius 2 is 2.05 bits per heavy atom. The molecular formula is C17H11FN2O. The SMILES string of the molecule is C=C[C@H]1c2ccccc2N=C2C(=O)c3ccc(F)cc3N21. The summed E-state index contributed by atoms with van der Waals surface area (Å²) in [6.07, 6.45) is 1.75. The zero-order valence-electron chi connectivity index (χ0n) is 11.1. The molecule has 0 N–H and O–H groups in total. The van der Waals surface area contributed by atoms with Crippen LogP contribution in [0.25, 0.3) is 0 Å². The number of carbonyl (C=O) groups is 1.